The molecule has 0 aromatic carbocycles. The fraction of sp³-hybridized carbons (Fsp3) is 0.562. The highest BCUT2D eigenvalue weighted by atomic mass is 16.4. The van der Waals surface area contributed by atoms with Crippen LogP contribution in [0.15, 0.2) is 12.1 Å². The molecule has 0 unspecified atom stereocenters. The van der Waals surface area contributed by atoms with E-state index in [9.17, 15) is 9.59 Å². The predicted molar refractivity (Wildman–Crippen MR) is 82.5 cm³/mol. The number of hydrogen-bond acceptors (Lipinski definition) is 4. The van der Waals surface area contributed by atoms with E-state index in [2.05, 4.69) is 28.3 Å². The molecule has 1 saturated heterocycles. The van der Waals surface area contributed by atoms with Gasteiger partial charge in [0.1, 0.15) is 6.54 Å². The molecular weight excluding hydrogens is 282 g/mol. The molecule has 22 heavy (non-hydrogen) atoms. The molecule has 1 aromatic rings. The van der Waals surface area contributed by atoms with Gasteiger partial charge in [-0.1, -0.05) is 0 Å². The van der Waals surface area contributed by atoms with E-state index in [4.69, 9.17) is 5.11 Å². The smallest absolute Gasteiger partial charge is 0.322 e. The van der Waals surface area contributed by atoms with Crippen LogP contribution in [0.25, 0.3) is 0 Å². The minimum absolute atomic E-state index is 0.239. The van der Waals surface area contributed by atoms with Crippen molar-refractivity contribution in [3.63, 3.8) is 0 Å². The van der Waals surface area contributed by atoms with E-state index in [0.29, 0.717) is 12.5 Å². The van der Waals surface area contributed by atoms with E-state index in [0.717, 1.165) is 29.9 Å². The first-order valence-corrected chi connectivity index (χ1v) is 7.62. The summed E-state index contributed by atoms with van der Waals surface area (Å²) < 4.78 is 0. The summed E-state index contributed by atoms with van der Waals surface area (Å²) in [5.74, 6) is -1.27. The van der Waals surface area contributed by atoms with Crippen molar-refractivity contribution in [3.05, 3.63) is 29.1 Å². The van der Waals surface area contributed by atoms with Gasteiger partial charge in [0.25, 0.3) is 0 Å². The Labute approximate surface area is 130 Å². The maximum atomic E-state index is 11.6. The van der Waals surface area contributed by atoms with Gasteiger partial charge in [0.05, 0.1) is 11.7 Å². The zero-order valence-corrected chi connectivity index (χ0v) is 13.1. The number of rotatable bonds is 6. The van der Waals surface area contributed by atoms with E-state index < -0.39 is 5.97 Å². The van der Waals surface area contributed by atoms with Crippen molar-refractivity contribution in [1.29, 1.82) is 0 Å². The maximum absolute atomic E-state index is 11.6. The molecule has 0 saturated carbocycles. The molecule has 2 heterocycles. The minimum Gasteiger partial charge on any atom is -0.480 e. The Morgan fingerprint density at radius 1 is 1.45 bits per heavy atom. The molecule has 1 aliphatic heterocycles. The average molecular weight is 305 g/mol. The number of hydrogen-bond donors (Lipinski definition) is 2. The van der Waals surface area contributed by atoms with Gasteiger partial charge in [0.2, 0.25) is 5.91 Å². The van der Waals surface area contributed by atoms with E-state index in [-0.39, 0.29) is 18.9 Å². The van der Waals surface area contributed by atoms with Gasteiger partial charge in [-0.25, -0.2) is 0 Å². The third-order valence-corrected chi connectivity index (χ3v) is 3.97. The van der Waals surface area contributed by atoms with Crippen LogP contribution in [0.3, 0.4) is 0 Å². The van der Waals surface area contributed by atoms with Gasteiger partial charge in [0, 0.05) is 12.1 Å². The number of likely N-dealkylation sites (tertiary alicyclic amines) is 1. The van der Waals surface area contributed by atoms with E-state index in [1.807, 2.05) is 13.0 Å². The molecule has 6 heteroatoms. The van der Waals surface area contributed by atoms with E-state index >= 15 is 0 Å². The second-order valence-corrected chi connectivity index (χ2v) is 5.85. The molecule has 0 radical (unpaired) electrons. The zero-order chi connectivity index (χ0) is 16.1. The van der Waals surface area contributed by atoms with Gasteiger partial charge in [-0.2, -0.15) is 0 Å². The summed E-state index contributed by atoms with van der Waals surface area (Å²) in [6.45, 7) is 2.73. The normalized spacial score (nSPS) is 18.4. The lowest BCUT2D eigenvalue weighted by Crippen LogP contribution is -2.29. The molecule has 2 rings (SSSR count). The maximum Gasteiger partial charge on any atom is 0.322 e. The summed E-state index contributed by atoms with van der Waals surface area (Å²) in [6.07, 6.45) is 3.18. The molecule has 1 atom stereocenters. The molecule has 1 fully saturated rings. The number of pyridine rings is 1. The molecule has 0 aliphatic carbocycles. The molecule has 1 amide bonds. The standard InChI is InChI=1S/C16H23N3O3/c1-11-8-12(5-6-15(20)17-10-16(21)22)9-13(18-11)14-4-3-7-19(14)2/h8-9,14H,3-7,10H2,1-2H3,(H,17,20)(H,21,22)/t14-/m1/s1. The number of aromatic nitrogens is 1. The number of aliphatic carboxylic acids is 1. The Morgan fingerprint density at radius 2 is 2.23 bits per heavy atom. The number of carboxylic acids is 1. The number of amides is 1. The first-order chi connectivity index (χ1) is 10.5. The Bertz CT molecular complexity index is 560. The van der Waals surface area contributed by atoms with Crippen molar-refractivity contribution >= 4 is 11.9 Å². The monoisotopic (exact) mass is 305 g/mol. The van der Waals surface area contributed by atoms with Crippen molar-refractivity contribution in [2.45, 2.75) is 38.6 Å². The number of nitrogens with zero attached hydrogens (tertiary/aromatic N) is 2. The van der Waals surface area contributed by atoms with Crippen LogP contribution in [0.2, 0.25) is 0 Å². The van der Waals surface area contributed by atoms with Crippen LogP contribution < -0.4 is 5.32 Å². The zero-order valence-electron chi connectivity index (χ0n) is 13.1. The lowest BCUT2D eigenvalue weighted by molar-refractivity contribution is -0.137. The van der Waals surface area contributed by atoms with Gasteiger partial charge in [0.15, 0.2) is 0 Å². The summed E-state index contributed by atoms with van der Waals surface area (Å²) in [5, 5.41) is 10.9. The van der Waals surface area contributed by atoms with Crippen molar-refractivity contribution in [1.82, 2.24) is 15.2 Å². The molecule has 2 N–H and O–H groups in total. The molecule has 6 nitrogen and oxygen atoms in total. The van der Waals surface area contributed by atoms with Gasteiger partial charge in [-0.3, -0.25) is 19.5 Å². The van der Waals surface area contributed by atoms with Gasteiger partial charge < -0.3 is 10.4 Å². The Morgan fingerprint density at radius 3 is 2.86 bits per heavy atom. The summed E-state index contributed by atoms with van der Waals surface area (Å²) in [4.78, 5) is 29.0. The van der Waals surface area contributed by atoms with Crippen molar-refractivity contribution in [3.8, 4) is 0 Å². The number of nitrogens with one attached hydrogen (secondary N) is 1. The fourth-order valence-electron chi connectivity index (χ4n) is 2.89. The highest BCUT2D eigenvalue weighted by molar-refractivity contribution is 5.81. The third kappa shape index (κ3) is 4.53. The number of carboxylic acid groups (broad SMARTS) is 1. The van der Waals surface area contributed by atoms with Crippen molar-refractivity contribution in [2.75, 3.05) is 20.1 Å². The highest BCUT2D eigenvalue weighted by Crippen LogP contribution is 2.29. The quantitative estimate of drug-likeness (QED) is 0.827. The molecule has 0 bridgehead atoms. The second kappa shape index (κ2) is 7.35. The van der Waals surface area contributed by atoms with Crippen LogP contribution in [0, 0.1) is 6.92 Å². The molecular formula is C16H23N3O3. The average Bonchev–Trinajstić information content (AvgIpc) is 2.88. The van der Waals surface area contributed by atoms with Gasteiger partial charge in [-0.05, 0) is 57.5 Å². The third-order valence-electron chi connectivity index (χ3n) is 3.97. The summed E-state index contributed by atoms with van der Waals surface area (Å²) in [5.41, 5.74) is 3.10. The molecule has 1 aromatic heterocycles. The first-order valence-electron chi connectivity index (χ1n) is 7.62. The van der Waals surface area contributed by atoms with Crippen LogP contribution in [-0.2, 0) is 16.0 Å². The van der Waals surface area contributed by atoms with Crippen LogP contribution >= 0.6 is 0 Å². The van der Waals surface area contributed by atoms with Gasteiger partial charge >= 0.3 is 5.97 Å². The second-order valence-electron chi connectivity index (χ2n) is 5.85. The summed E-state index contributed by atoms with van der Waals surface area (Å²) >= 11 is 0. The SMILES string of the molecule is Cc1cc(CCC(=O)NCC(=O)O)cc([C@H]2CCCN2C)n1. The number of aryl methyl sites for hydroxylation is 2. The number of carbonyl (C=O) groups excluding carboxylic acids is 1. The fourth-order valence-corrected chi connectivity index (χ4v) is 2.89. The van der Waals surface area contributed by atoms with Gasteiger partial charge in [-0.15, -0.1) is 0 Å². The topological polar surface area (TPSA) is 82.5 Å². The summed E-state index contributed by atoms with van der Waals surface area (Å²) in [7, 11) is 2.11. The molecule has 1 aliphatic rings. The largest absolute Gasteiger partial charge is 0.480 e. The lowest BCUT2D eigenvalue weighted by Gasteiger charge is -2.20. The van der Waals surface area contributed by atoms with E-state index in [1.54, 1.807) is 0 Å². The number of carbonyl (C=O) groups is 2. The van der Waals surface area contributed by atoms with Crippen LogP contribution in [0.5, 0.6) is 0 Å². The van der Waals surface area contributed by atoms with Crippen LogP contribution in [0.1, 0.15) is 42.3 Å². The highest BCUT2D eigenvalue weighted by Gasteiger charge is 2.24. The lowest BCUT2D eigenvalue weighted by atomic mass is 10.0. The van der Waals surface area contributed by atoms with Crippen molar-refractivity contribution < 1.29 is 14.7 Å². The predicted octanol–water partition coefficient (Wildman–Crippen LogP) is 1.29. The Hall–Kier alpha value is -1.95. The first kappa shape index (κ1) is 16.4. The van der Waals surface area contributed by atoms with Crippen LogP contribution in [-0.4, -0.2) is 47.0 Å². The Balaban J connectivity index is 1.98. The Kier molecular flexibility index (Phi) is 5.49. The minimum atomic E-state index is -1.03. The molecule has 120 valence electrons. The van der Waals surface area contributed by atoms with Crippen molar-refractivity contribution in [2.24, 2.45) is 0 Å². The molecule has 0 spiro atoms. The van der Waals surface area contributed by atoms with E-state index in [1.165, 1.54) is 6.42 Å². The van der Waals surface area contributed by atoms with Crippen LogP contribution in [0.4, 0.5) is 0 Å². The summed E-state index contributed by atoms with van der Waals surface area (Å²) in [6, 6.07) is 4.42.